The molecular formula is C13H21NO4. The molecule has 0 saturated heterocycles. The molecule has 0 amide bonds. The molecule has 18 heavy (non-hydrogen) atoms. The van der Waals surface area contributed by atoms with E-state index in [1.807, 2.05) is 31.1 Å². The molecule has 1 rings (SSSR count). The van der Waals surface area contributed by atoms with Crippen molar-refractivity contribution in [2.45, 2.75) is 6.23 Å². The standard InChI is InChI=1S/C13H21NO4/c1-14(2)13(18-6)12-10(16-4)7-9(15-3)8-11(12)17-5/h7-8,13H,1-6H3. The third kappa shape index (κ3) is 2.86. The zero-order valence-electron chi connectivity index (χ0n) is 11.8. The summed E-state index contributed by atoms with van der Waals surface area (Å²) in [6.07, 6.45) is -0.249. The van der Waals surface area contributed by atoms with Crippen LogP contribution in [0.3, 0.4) is 0 Å². The van der Waals surface area contributed by atoms with Crippen LogP contribution in [0.15, 0.2) is 12.1 Å². The van der Waals surface area contributed by atoms with Gasteiger partial charge in [-0.25, -0.2) is 0 Å². The van der Waals surface area contributed by atoms with Crippen molar-refractivity contribution in [2.24, 2.45) is 0 Å². The van der Waals surface area contributed by atoms with E-state index < -0.39 is 0 Å². The maximum absolute atomic E-state index is 5.48. The molecule has 0 heterocycles. The SMILES string of the molecule is COc1cc(OC)c(C(OC)N(C)C)c(OC)c1. The van der Waals surface area contributed by atoms with Crippen LogP contribution in [0.2, 0.25) is 0 Å². The van der Waals surface area contributed by atoms with Crippen LogP contribution < -0.4 is 14.2 Å². The van der Waals surface area contributed by atoms with E-state index >= 15 is 0 Å². The van der Waals surface area contributed by atoms with Crippen molar-refractivity contribution >= 4 is 0 Å². The van der Waals surface area contributed by atoms with Crippen LogP contribution in [0.25, 0.3) is 0 Å². The Bertz CT molecular complexity index is 368. The van der Waals surface area contributed by atoms with E-state index in [9.17, 15) is 0 Å². The molecule has 0 N–H and O–H groups in total. The average molecular weight is 255 g/mol. The summed E-state index contributed by atoms with van der Waals surface area (Å²) >= 11 is 0. The summed E-state index contributed by atoms with van der Waals surface area (Å²) in [7, 11) is 10.3. The highest BCUT2D eigenvalue weighted by molar-refractivity contribution is 5.51. The second-order valence-corrected chi connectivity index (χ2v) is 4.00. The van der Waals surface area contributed by atoms with Gasteiger partial charge in [0.1, 0.15) is 23.5 Å². The van der Waals surface area contributed by atoms with Gasteiger partial charge in [0.15, 0.2) is 0 Å². The van der Waals surface area contributed by atoms with Crippen LogP contribution in [-0.2, 0) is 4.74 Å². The van der Waals surface area contributed by atoms with E-state index in [0.717, 1.165) is 5.56 Å². The fourth-order valence-corrected chi connectivity index (χ4v) is 1.86. The third-order valence-corrected chi connectivity index (χ3v) is 2.69. The number of hydrogen-bond acceptors (Lipinski definition) is 5. The molecule has 0 aliphatic carbocycles. The Morgan fingerprint density at radius 1 is 0.889 bits per heavy atom. The van der Waals surface area contributed by atoms with Crippen molar-refractivity contribution in [2.75, 3.05) is 42.5 Å². The van der Waals surface area contributed by atoms with Crippen molar-refractivity contribution in [1.82, 2.24) is 4.90 Å². The van der Waals surface area contributed by atoms with Crippen LogP contribution in [0.4, 0.5) is 0 Å². The maximum atomic E-state index is 5.48. The van der Waals surface area contributed by atoms with Gasteiger partial charge >= 0.3 is 0 Å². The molecule has 0 aliphatic heterocycles. The van der Waals surface area contributed by atoms with Gasteiger partial charge in [-0.05, 0) is 14.1 Å². The first kappa shape index (κ1) is 14.6. The quantitative estimate of drug-likeness (QED) is 0.726. The summed E-state index contributed by atoms with van der Waals surface area (Å²) in [4.78, 5) is 1.94. The lowest BCUT2D eigenvalue weighted by Crippen LogP contribution is -2.22. The number of hydrogen-bond donors (Lipinski definition) is 0. The van der Waals surface area contributed by atoms with Crippen LogP contribution >= 0.6 is 0 Å². The molecule has 5 heteroatoms. The lowest BCUT2D eigenvalue weighted by atomic mass is 10.1. The molecular weight excluding hydrogens is 234 g/mol. The minimum atomic E-state index is -0.249. The van der Waals surface area contributed by atoms with Gasteiger partial charge in [-0.3, -0.25) is 4.90 Å². The van der Waals surface area contributed by atoms with Crippen molar-refractivity contribution in [3.05, 3.63) is 17.7 Å². The van der Waals surface area contributed by atoms with E-state index in [-0.39, 0.29) is 6.23 Å². The summed E-state index contributed by atoms with van der Waals surface area (Å²) < 4.78 is 21.5. The predicted molar refractivity (Wildman–Crippen MR) is 69.5 cm³/mol. The van der Waals surface area contributed by atoms with Gasteiger partial charge in [-0.1, -0.05) is 0 Å². The Balaban J connectivity index is 3.38. The molecule has 0 aliphatic rings. The monoisotopic (exact) mass is 255 g/mol. The largest absolute Gasteiger partial charge is 0.496 e. The van der Waals surface area contributed by atoms with Crippen molar-refractivity contribution < 1.29 is 18.9 Å². The van der Waals surface area contributed by atoms with E-state index in [4.69, 9.17) is 18.9 Å². The van der Waals surface area contributed by atoms with Gasteiger partial charge in [0.05, 0.1) is 26.9 Å². The zero-order chi connectivity index (χ0) is 13.7. The Morgan fingerprint density at radius 2 is 1.39 bits per heavy atom. The number of methoxy groups -OCH3 is 4. The van der Waals surface area contributed by atoms with Crippen molar-refractivity contribution in [1.29, 1.82) is 0 Å². The second-order valence-electron chi connectivity index (χ2n) is 4.00. The maximum Gasteiger partial charge on any atom is 0.143 e. The predicted octanol–water partition coefficient (Wildman–Crippen LogP) is 1.92. The molecule has 1 aromatic rings. The van der Waals surface area contributed by atoms with Crippen LogP contribution in [0.5, 0.6) is 17.2 Å². The van der Waals surface area contributed by atoms with Crippen LogP contribution in [-0.4, -0.2) is 47.4 Å². The molecule has 1 atom stereocenters. The van der Waals surface area contributed by atoms with E-state index in [0.29, 0.717) is 17.2 Å². The Hall–Kier alpha value is -1.46. The summed E-state index contributed by atoms with van der Waals surface area (Å²) in [6, 6.07) is 3.63. The van der Waals surface area contributed by atoms with Gasteiger partial charge in [0, 0.05) is 19.2 Å². The fraction of sp³-hybridized carbons (Fsp3) is 0.538. The molecule has 0 aromatic heterocycles. The van der Waals surface area contributed by atoms with E-state index in [2.05, 4.69) is 0 Å². The van der Waals surface area contributed by atoms with Gasteiger partial charge in [-0.2, -0.15) is 0 Å². The Labute approximate surface area is 108 Å². The molecule has 0 spiro atoms. The Kier molecular flexibility index (Phi) is 5.25. The number of rotatable bonds is 6. The Morgan fingerprint density at radius 3 is 1.67 bits per heavy atom. The summed E-state index contributed by atoms with van der Waals surface area (Å²) in [6.45, 7) is 0. The highest BCUT2D eigenvalue weighted by atomic mass is 16.5. The third-order valence-electron chi connectivity index (χ3n) is 2.69. The van der Waals surface area contributed by atoms with Crippen LogP contribution in [0.1, 0.15) is 11.8 Å². The molecule has 0 radical (unpaired) electrons. The normalized spacial score (nSPS) is 12.4. The molecule has 102 valence electrons. The smallest absolute Gasteiger partial charge is 0.143 e. The second kappa shape index (κ2) is 6.47. The minimum absolute atomic E-state index is 0.249. The van der Waals surface area contributed by atoms with E-state index in [1.165, 1.54) is 0 Å². The van der Waals surface area contributed by atoms with Gasteiger partial charge in [0.25, 0.3) is 0 Å². The van der Waals surface area contributed by atoms with Crippen molar-refractivity contribution in [3.8, 4) is 17.2 Å². The molecule has 1 aromatic carbocycles. The van der Waals surface area contributed by atoms with Crippen LogP contribution in [0, 0.1) is 0 Å². The minimum Gasteiger partial charge on any atom is -0.496 e. The number of benzene rings is 1. The molecule has 0 bridgehead atoms. The summed E-state index contributed by atoms with van der Waals surface area (Å²) in [5.74, 6) is 2.03. The first-order valence-electron chi connectivity index (χ1n) is 5.58. The zero-order valence-corrected chi connectivity index (χ0v) is 11.8. The summed E-state index contributed by atoms with van der Waals surface area (Å²) in [5.41, 5.74) is 0.841. The first-order chi connectivity index (χ1) is 8.58. The van der Waals surface area contributed by atoms with Gasteiger partial charge in [0.2, 0.25) is 0 Å². The molecule has 0 saturated carbocycles. The highest BCUT2D eigenvalue weighted by Gasteiger charge is 2.23. The summed E-state index contributed by atoms with van der Waals surface area (Å²) in [5, 5.41) is 0. The topological polar surface area (TPSA) is 40.2 Å². The van der Waals surface area contributed by atoms with E-state index in [1.54, 1.807) is 28.4 Å². The fourth-order valence-electron chi connectivity index (χ4n) is 1.86. The molecule has 0 fully saturated rings. The number of nitrogens with zero attached hydrogens (tertiary/aromatic N) is 1. The molecule has 1 unspecified atom stereocenters. The van der Waals surface area contributed by atoms with Crippen molar-refractivity contribution in [3.63, 3.8) is 0 Å². The first-order valence-corrected chi connectivity index (χ1v) is 5.58. The average Bonchev–Trinajstić information content (AvgIpc) is 2.38. The molecule has 5 nitrogen and oxygen atoms in total. The number of ether oxygens (including phenoxy) is 4. The highest BCUT2D eigenvalue weighted by Crippen LogP contribution is 2.40. The lowest BCUT2D eigenvalue weighted by Gasteiger charge is -2.26. The van der Waals surface area contributed by atoms with Gasteiger partial charge < -0.3 is 18.9 Å². The lowest BCUT2D eigenvalue weighted by molar-refractivity contribution is -0.00856. The van der Waals surface area contributed by atoms with Gasteiger partial charge in [-0.15, -0.1) is 0 Å².